The molecule has 0 aliphatic carbocycles. The summed E-state index contributed by atoms with van der Waals surface area (Å²) in [5.41, 5.74) is 17.6. The number of hydrogen-bond donors (Lipinski definition) is 3. The molecule has 0 saturated heterocycles. The first-order valence-corrected chi connectivity index (χ1v) is 11.6. The van der Waals surface area contributed by atoms with Crippen molar-refractivity contribution in [1.29, 1.82) is 0 Å². The second-order valence-electron chi connectivity index (χ2n) is 6.58. The maximum absolute atomic E-state index is 11.8. The molecule has 10 nitrogen and oxygen atoms in total. The van der Waals surface area contributed by atoms with Crippen LogP contribution in [-0.2, 0) is 10.8 Å². The van der Waals surface area contributed by atoms with Gasteiger partial charge < -0.3 is 22.1 Å². The Morgan fingerprint density at radius 3 is 2.36 bits per heavy atom. The molecule has 0 amide bonds. The Bertz CT molecular complexity index is 1150. The highest BCUT2D eigenvalue weighted by atomic mass is 35.5. The first kappa shape index (κ1) is 25.7. The van der Waals surface area contributed by atoms with Crippen LogP contribution in [0.4, 0.5) is 29.0 Å². The van der Waals surface area contributed by atoms with E-state index in [0.717, 1.165) is 11.5 Å². The topological polar surface area (TPSA) is 166 Å². The monoisotopic (exact) mass is 488 g/mol. The normalized spacial score (nSPS) is 11.8. The van der Waals surface area contributed by atoms with E-state index in [2.05, 4.69) is 19.9 Å². The van der Waals surface area contributed by atoms with Gasteiger partial charge in [-0.05, 0) is 24.3 Å². The number of halogens is 1. The third-order valence-electron chi connectivity index (χ3n) is 4.38. The van der Waals surface area contributed by atoms with Crippen molar-refractivity contribution in [2.45, 2.75) is 18.2 Å². The van der Waals surface area contributed by atoms with Gasteiger partial charge in [-0.1, -0.05) is 24.6 Å². The number of carbonyl (C=O) groups is 1. The molecule has 1 atom stereocenters. The fourth-order valence-corrected chi connectivity index (χ4v) is 3.55. The molecule has 1 unspecified atom stereocenters. The van der Waals surface area contributed by atoms with Crippen LogP contribution in [0.25, 0.3) is 0 Å². The van der Waals surface area contributed by atoms with Crippen LogP contribution < -0.4 is 22.1 Å². The quantitative estimate of drug-likeness (QED) is 0.277. The second-order valence-corrected chi connectivity index (χ2v) is 8.31. The van der Waals surface area contributed by atoms with Crippen LogP contribution in [0.3, 0.4) is 0 Å². The molecule has 2 heterocycles. The molecule has 0 spiro atoms. The van der Waals surface area contributed by atoms with Gasteiger partial charge in [0.2, 0.25) is 5.95 Å². The lowest BCUT2D eigenvalue weighted by molar-refractivity contribution is 0.112. The van der Waals surface area contributed by atoms with Crippen molar-refractivity contribution in [3.63, 3.8) is 0 Å². The third-order valence-corrected chi connectivity index (χ3v) is 5.74. The first-order valence-electron chi connectivity index (χ1n) is 9.66. The van der Waals surface area contributed by atoms with E-state index >= 15 is 0 Å². The fourth-order valence-electron chi connectivity index (χ4n) is 2.73. The van der Waals surface area contributed by atoms with E-state index in [9.17, 15) is 9.00 Å². The van der Waals surface area contributed by atoms with Crippen molar-refractivity contribution in [3.8, 4) is 0 Å². The average molecular weight is 489 g/mol. The summed E-state index contributed by atoms with van der Waals surface area (Å²) in [7, 11) is 0.666. The summed E-state index contributed by atoms with van der Waals surface area (Å²) in [6, 6.07) is 9.01. The summed E-state index contributed by atoms with van der Waals surface area (Å²) in [5, 5.41) is 0.147. The number of aliphatic imine (C=N–C) groups is 1. The van der Waals surface area contributed by atoms with Crippen LogP contribution in [0.15, 0.2) is 52.6 Å². The summed E-state index contributed by atoms with van der Waals surface area (Å²) < 4.78 is 11.8. The van der Waals surface area contributed by atoms with Gasteiger partial charge in [-0.25, -0.2) is 4.99 Å². The fraction of sp³-hybridized carbons (Fsp3) is 0.190. The molecule has 2 aromatic heterocycles. The highest BCUT2D eigenvalue weighted by Gasteiger charge is 2.13. The van der Waals surface area contributed by atoms with Crippen LogP contribution in [0, 0.1) is 0 Å². The minimum absolute atomic E-state index is 0.0272. The van der Waals surface area contributed by atoms with Crippen molar-refractivity contribution >= 4 is 63.5 Å². The average Bonchev–Trinajstić information content (AvgIpc) is 2.81. The van der Waals surface area contributed by atoms with Crippen LogP contribution in [0.5, 0.6) is 0 Å². The number of benzene rings is 1. The van der Waals surface area contributed by atoms with E-state index in [-0.39, 0.29) is 22.6 Å². The smallest absolute Gasteiger partial charge is 0.224 e. The Hall–Kier alpha value is -3.57. The van der Waals surface area contributed by atoms with Crippen molar-refractivity contribution in [2.24, 2.45) is 4.99 Å². The molecule has 3 rings (SSSR count). The molecule has 0 radical (unpaired) electrons. The van der Waals surface area contributed by atoms with Crippen LogP contribution in [0.2, 0.25) is 5.02 Å². The van der Waals surface area contributed by atoms with Gasteiger partial charge in [0.25, 0.3) is 0 Å². The van der Waals surface area contributed by atoms with Gasteiger partial charge in [-0.15, -0.1) is 0 Å². The summed E-state index contributed by atoms with van der Waals surface area (Å²) in [6.07, 6.45) is 6.42. The number of hydrogen-bond acceptors (Lipinski definition) is 9. The predicted molar refractivity (Wildman–Crippen MR) is 134 cm³/mol. The molecule has 0 aliphatic rings. The van der Waals surface area contributed by atoms with Gasteiger partial charge in [0.1, 0.15) is 22.5 Å². The number of rotatable bonds is 5. The van der Waals surface area contributed by atoms with Gasteiger partial charge in [0.15, 0.2) is 6.29 Å². The van der Waals surface area contributed by atoms with Gasteiger partial charge in [-0.3, -0.25) is 14.0 Å². The number of nitrogens with zero attached hydrogens (tertiary/aromatic N) is 5. The van der Waals surface area contributed by atoms with Gasteiger partial charge in [0, 0.05) is 25.9 Å². The number of anilines is 4. The van der Waals surface area contributed by atoms with Gasteiger partial charge in [0.05, 0.1) is 38.8 Å². The van der Waals surface area contributed by atoms with Crippen LogP contribution >= 0.6 is 11.6 Å². The van der Waals surface area contributed by atoms with E-state index < -0.39 is 10.8 Å². The summed E-state index contributed by atoms with van der Waals surface area (Å²) in [5.74, 6) is 1.03. The number of amidine groups is 1. The zero-order chi connectivity index (χ0) is 24.5. The molecule has 0 fully saturated rings. The number of carbonyl (C=O) groups excluding carboxylic acids is 1. The maximum Gasteiger partial charge on any atom is 0.224 e. The SMILES string of the molecule is CCC(=Nc1cccc(S(C)=O)c1C=O)N(C)c1cccnc1.Nc1nc(N)c(Cl)c(N)n1. The molecular formula is C21H25ClN8O2S. The highest BCUT2D eigenvalue weighted by molar-refractivity contribution is 7.84. The molecular weight excluding hydrogens is 464 g/mol. The lowest BCUT2D eigenvalue weighted by Gasteiger charge is -2.20. The number of nitrogen functional groups attached to an aromatic ring is 3. The van der Waals surface area contributed by atoms with Crippen molar-refractivity contribution < 1.29 is 9.00 Å². The van der Waals surface area contributed by atoms with Gasteiger partial charge in [-0.2, -0.15) is 9.97 Å². The molecule has 0 aliphatic heterocycles. The Balaban J connectivity index is 0.000000321. The highest BCUT2D eigenvalue weighted by Crippen LogP contribution is 2.25. The minimum Gasteiger partial charge on any atom is -0.382 e. The Morgan fingerprint density at radius 1 is 1.18 bits per heavy atom. The molecule has 6 N–H and O–H groups in total. The molecule has 174 valence electrons. The zero-order valence-corrected chi connectivity index (χ0v) is 20.0. The number of nitrogens with two attached hydrogens (primary N) is 3. The van der Waals surface area contributed by atoms with Crippen molar-refractivity contribution in [3.05, 3.63) is 53.3 Å². The zero-order valence-electron chi connectivity index (χ0n) is 18.4. The molecule has 1 aromatic carbocycles. The third kappa shape index (κ3) is 6.70. The van der Waals surface area contributed by atoms with Gasteiger partial charge >= 0.3 is 0 Å². The Kier molecular flexibility index (Phi) is 9.25. The van der Waals surface area contributed by atoms with E-state index in [1.54, 1.807) is 36.8 Å². The number of aromatic nitrogens is 3. The van der Waals surface area contributed by atoms with Crippen LogP contribution in [0.1, 0.15) is 23.7 Å². The van der Waals surface area contributed by atoms with E-state index in [4.69, 9.17) is 28.8 Å². The number of pyridine rings is 1. The second kappa shape index (κ2) is 11.9. The summed E-state index contributed by atoms with van der Waals surface area (Å²) in [6.45, 7) is 1.99. The number of aldehydes is 1. The van der Waals surface area contributed by atoms with Crippen molar-refractivity contribution in [1.82, 2.24) is 15.0 Å². The van der Waals surface area contributed by atoms with E-state index in [1.165, 1.54) is 0 Å². The van der Waals surface area contributed by atoms with E-state index in [1.807, 2.05) is 31.0 Å². The summed E-state index contributed by atoms with van der Waals surface area (Å²) in [4.78, 5) is 29.7. The largest absolute Gasteiger partial charge is 0.382 e. The van der Waals surface area contributed by atoms with Crippen molar-refractivity contribution in [2.75, 3.05) is 35.4 Å². The molecule has 0 bridgehead atoms. The standard InChI is InChI=1S/C17H19N3O2S.C4H6ClN5/c1-4-17(20(2)13-7-6-10-18-11-13)19-15-8-5-9-16(23(3)22)14(15)12-21;5-1-2(6)9-4(8)10-3(1)7/h5-12H,4H2,1-3H3;(H6,6,7,8,9,10). The molecule has 0 saturated carbocycles. The molecule has 12 heteroatoms. The Labute approximate surface area is 199 Å². The van der Waals surface area contributed by atoms with Crippen LogP contribution in [-0.4, -0.2) is 44.6 Å². The minimum atomic E-state index is -1.24. The van der Waals surface area contributed by atoms with E-state index in [0.29, 0.717) is 28.9 Å². The lowest BCUT2D eigenvalue weighted by Crippen LogP contribution is -2.25. The maximum atomic E-state index is 11.8. The molecule has 33 heavy (non-hydrogen) atoms. The Morgan fingerprint density at radius 2 is 1.85 bits per heavy atom. The molecule has 3 aromatic rings. The predicted octanol–water partition coefficient (Wildman–Crippen LogP) is 3.08. The summed E-state index contributed by atoms with van der Waals surface area (Å²) >= 11 is 5.52. The first-order chi connectivity index (χ1) is 15.7. The lowest BCUT2D eigenvalue weighted by atomic mass is 10.2.